The molecule has 144 valence electrons. The highest BCUT2D eigenvalue weighted by atomic mass is 16.5. The van der Waals surface area contributed by atoms with E-state index in [9.17, 15) is 0 Å². The van der Waals surface area contributed by atoms with Crippen molar-refractivity contribution in [1.29, 1.82) is 0 Å². The van der Waals surface area contributed by atoms with Crippen LogP contribution in [0.1, 0.15) is 43.2 Å². The Morgan fingerprint density at radius 2 is 1.96 bits per heavy atom. The molecule has 0 radical (unpaired) electrons. The molecule has 4 rings (SSSR count). The molecule has 0 bridgehead atoms. The van der Waals surface area contributed by atoms with Gasteiger partial charge in [0.15, 0.2) is 0 Å². The number of rotatable bonds is 5. The van der Waals surface area contributed by atoms with Crippen molar-refractivity contribution in [2.45, 2.75) is 56.5 Å². The minimum atomic E-state index is 0.216. The third-order valence-corrected chi connectivity index (χ3v) is 6.91. The molecular weight excluding hydrogens is 324 g/mol. The van der Waals surface area contributed by atoms with Crippen LogP contribution in [0.25, 0.3) is 0 Å². The van der Waals surface area contributed by atoms with E-state index < -0.39 is 0 Å². The van der Waals surface area contributed by atoms with Crippen LogP contribution in [0.3, 0.4) is 0 Å². The van der Waals surface area contributed by atoms with Gasteiger partial charge in [0.05, 0.1) is 13.2 Å². The van der Waals surface area contributed by atoms with Crippen molar-refractivity contribution in [3.8, 4) is 0 Å². The summed E-state index contributed by atoms with van der Waals surface area (Å²) in [4.78, 5) is 0. The maximum absolute atomic E-state index is 5.74. The standard InChI is InChI=1S/C22H34N2O2/c1-17-5-2-3-7-19(17)22(9-12-25-13-10-22)16-24-20-8-4-6-18(20)21-15-26-14-11-23-21/h2-3,5,7,18,20-21,23-24H,4,6,8-16H2,1H3. The fraction of sp³-hybridized carbons (Fsp3) is 0.727. The lowest BCUT2D eigenvalue weighted by molar-refractivity contribution is 0.0417. The molecule has 2 heterocycles. The van der Waals surface area contributed by atoms with Crippen LogP contribution in [0.2, 0.25) is 0 Å². The first-order chi connectivity index (χ1) is 12.8. The average Bonchev–Trinajstić information content (AvgIpc) is 3.17. The van der Waals surface area contributed by atoms with Gasteiger partial charge in [-0.1, -0.05) is 30.7 Å². The maximum Gasteiger partial charge on any atom is 0.0623 e. The molecule has 4 heteroatoms. The maximum atomic E-state index is 5.74. The molecule has 3 unspecified atom stereocenters. The van der Waals surface area contributed by atoms with Gasteiger partial charge in [0.25, 0.3) is 0 Å². The van der Waals surface area contributed by atoms with Crippen LogP contribution >= 0.6 is 0 Å². The highest BCUT2D eigenvalue weighted by Crippen LogP contribution is 2.37. The topological polar surface area (TPSA) is 42.5 Å². The summed E-state index contributed by atoms with van der Waals surface area (Å²) in [6, 6.07) is 10.1. The quantitative estimate of drug-likeness (QED) is 0.849. The molecule has 0 spiro atoms. The van der Waals surface area contributed by atoms with E-state index in [-0.39, 0.29) is 5.41 Å². The van der Waals surface area contributed by atoms with E-state index in [1.54, 1.807) is 0 Å². The minimum Gasteiger partial charge on any atom is -0.381 e. The van der Waals surface area contributed by atoms with Gasteiger partial charge < -0.3 is 20.1 Å². The van der Waals surface area contributed by atoms with Gasteiger partial charge in [0, 0.05) is 43.8 Å². The lowest BCUT2D eigenvalue weighted by atomic mass is 9.72. The van der Waals surface area contributed by atoms with Gasteiger partial charge in [0.2, 0.25) is 0 Å². The normalized spacial score (nSPS) is 31.8. The summed E-state index contributed by atoms with van der Waals surface area (Å²) < 4.78 is 11.5. The molecule has 3 aliphatic rings. The van der Waals surface area contributed by atoms with E-state index in [1.807, 2.05) is 0 Å². The first-order valence-corrected chi connectivity index (χ1v) is 10.5. The number of aryl methyl sites for hydroxylation is 1. The Hall–Kier alpha value is -0.940. The number of nitrogens with one attached hydrogen (secondary N) is 2. The van der Waals surface area contributed by atoms with Gasteiger partial charge in [-0.05, 0) is 49.7 Å². The molecule has 0 aromatic heterocycles. The monoisotopic (exact) mass is 358 g/mol. The summed E-state index contributed by atoms with van der Waals surface area (Å²) in [6.07, 6.45) is 6.18. The number of morpholine rings is 1. The van der Waals surface area contributed by atoms with Gasteiger partial charge in [-0.25, -0.2) is 0 Å². The van der Waals surface area contributed by atoms with Crippen molar-refractivity contribution < 1.29 is 9.47 Å². The number of hydrogen-bond acceptors (Lipinski definition) is 4. The van der Waals surface area contributed by atoms with E-state index >= 15 is 0 Å². The smallest absolute Gasteiger partial charge is 0.0623 e. The van der Waals surface area contributed by atoms with Crippen molar-refractivity contribution >= 4 is 0 Å². The molecule has 1 aliphatic carbocycles. The zero-order valence-corrected chi connectivity index (χ0v) is 16.1. The Morgan fingerprint density at radius 3 is 2.73 bits per heavy atom. The highest BCUT2D eigenvalue weighted by molar-refractivity contribution is 5.34. The summed E-state index contributed by atoms with van der Waals surface area (Å²) in [5.74, 6) is 0.698. The summed E-state index contributed by atoms with van der Waals surface area (Å²) in [5.41, 5.74) is 3.15. The number of benzene rings is 1. The second-order valence-corrected chi connectivity index (χ2v) is 8.43. The zero-order valence-electron chi connectivity index (χ0n) is 16.1. The van der Waals surface area contributed by atoms with E-state index in [0.717, 1.165) is 52.4 Å². The summed E-state index contributed by atoms with van der Waals surface area (Å²) in [5, 5.41) is 7.71. The Balaban J connectivity index is 1.47. The third kappa shape index (κ3) is 3.84. The number of ether oxygens (including phenoxy) is 2. The van der Waals surface area contributed by atoms with E-state index in [2.05, 4.69) is 41.8 Å². The van der Waals surface area contributed by atoms with Crippen molar-refractivity contribution in [3.63, 3.8) is 0 Å². The van der Waals surface area contributed by atoms with E-state index in [0.29, 0.717) is 18.0 Å². The van der Waals surface area contributed by atoms with E-state index in [4.69, 9.17) is 9.47 Å². The lowest BCUT2D eigenvalue weighted by Gasteiger charge is -2.41. The summed E-state index contributed by atoms with van der Waals surface area (Å²) >= 11 is 0. The molecule has 2 saturated heterocycles. The molecule has 0 amide bonds. The van der Waals surface area contributed by atoms with Crippen LogP contribution in [0, 0.1) is 12.8 Å². The van der Waals surface area contributed by atoms with Crippen LogP contribution in [0.15, 0.2) is 24.3 Å². The molecule has 2 N–H and O–H groups in total. The van der Waals surface area contributed by atoms with Gasteiger partial charge >= 0.3 is 0 Å². The fourth-order valence-electron chi connectivity index (χ4n) is 5.38. The summed E-state index contributed by atoms with van der Waals surface area (Å²) in [7, 11) is 0. The molecule has 1 aromatic carbocycles. The van der Waals surface area contributed by atoms with Crippen LogP contribution in [0.4, 0.5) is 0 Å². The van der Waals surface area contributed by atoms with Crippen molar-refractivity contribution in [1.82, 2.24) is 10.6 Å². The predicted molar refractivity (Wildman–Crippen MR) is 105 cm³/mol. The fourth-order valence-corrected chi connectivity index (χ4v) is 5.38. The summed E-state index contributed by atoms with van der Waals surface area (Å²) in [6.45, 7) is 7.81. The van der Waals surface area contributed by atoms with Gasteiger partial charge in [-0.2, -0.15) is 0 Å². The van der Waals surface area contributed by atoms with Crippen LogP contribution < -0.4 is 10.6 Å². The largest absolute Gasteiger partial charge is 0.381 e. The molecular formula is C22H34N2O2. The Morgan fingerprint density at radius 1 is 1.12 bits per heavy atom. The average molecular weight is 359 g/mol. The first-order valence-electron chi connectivity index (χ1n) is 10.5. The lowest BCUT2D eigenvalue weighted by Crippen LogP contribution is -2.53. The highest BCUT2D eigenvalue weighted by Gasteiger charge is 2.39. The molecule has 26 heavy (non-hydrogen) atoms. The minimum absolute atomic E-state index is 0.216. The zero-order chi connectivity index (χ0) is 17.8. The second-order valence-electron chi connectivity index (χ2n) is 8.43. The van der Waals surface area contributed by atoms with Gasteiger partial charge in [-0.3, -0.25) is 0 Å². The van der Waals surface area contributed by atoms with Crippen molar-refractivity contribution in [2.75, 3.05) is 39.5 Å². The van der Waals surface area contributed by atoms with Crippen molar-refractivity contribution in [2.24, 2.45) is 5.92 Å². The first kappa shape index (κ1) is 18.4. The van der Waals surface area contributed by atoms with E-state index in [1.165, 1.54) is 30.4 Å². The molecule has 3 fully saturated rings. The molecule has 3 atom stereocenters. The Bertz CT molecular complexity index is 579. The molecule has 1 saturated carbocycles. The van der Waals surface area contributed by atoms with Crippen LogP contribution in [-0.2, 0) is 14.9 Å². The Labute approximate surface area is 158 Å². The van der Waals surface area contributed by atoms with Crippen LogP contribution in [0.5, 0.6) is 0 Å². The molecule has 2 aliphatic heterocycles. The SMILES string of the molecule is Cc1ccccc1C1(CNC2CCCC2C2COCCN2)CCOCC1. The molecule has 4 nitrogen and oxygen atoms in total. The Kier molecular flexibility index (Phi) is 5.94. The van der Waals surface area contributed by atoms with Gasteiger partial charge in [-0.15, -0.1) is 0 Å². The van der Waals surface area contributed by atoms with Crippen molar-refractivity contribution in [3.05, 3.63) is 35.4 Å². The molecule has 1 aromatic rings. The van der Waals surface area contributed by atoms with Crippen LogP contribution in [-0.4, -0.2) is 51.6 Å². The third-order valence-electron chi connectivity index (χ3n) is 6.91. The predicted octanol–water partition coefficient (Wildman–Crippen LogP) is 2.79. The number of hydrogen-bond donors (Lipinski definition) is 2. The van der Waals surface area contributed by atoms with Gasteiger partial charge in [0.1, 0.15) is 0 Å². The second kappa shape index (κ2) is 8.39.